The van der Waals surface area contributed by atoms with Crippen LogP contribution < -0.4 is 14.4 Å². The van der Waals surface area contributed by atoms with Crippen molar-refractivity contribution in [3.05, 3.63) is 94.0 Å². The Balaban J connectivity index is 1.95. The molecule has 0 bridgehead atoms. The summed E-state index contributed by atoms with van der Waals surface area (Å²) in [4.78, 5) is 27.8. The highest BCUT2D eigenvalue weighted by molar-refractivity contribution is 9.10. The Bertz CT molecular complexity index is 1220. The number of benzene rings is 3. The number of hydrogen-bond donors (Lipinski definition) is 1. The number of hydrogen-bond acceptors (Lipinski definition) is 5. The van der Waals surface area contributed by atoms with E-state index in [0.29, 0.717) is 32.8 Å². The van der Waals surface area contributed by atoms with Gasteiger partial charge in [0.25, 0.3) is 11.7 Å². The fourth-order valence-electron chi connectivity index (χ4n) is 3.83. The largest absolute Gasteiger partial charge is 0.507 e. The zero-order valence-corrected chi connectivity index (χ0v) is 19.0. The summed E-state index contributed by atoms with van der Waals surface area (Å²) in [6.45, 7) is 0. The lowest BCUT2D eigenvalue weighted by molar-refractivity contribution is -0.132. The van der Waals surface area contributed by atoms with Gasteiger partial charge in [0.1, 0.15) is 17.3 Å². The maximum atomic E-state index is 13.2. The summed E-state index contributed by atoms with van der Waals surface area (Å²) >= 11 is 3.40. The number of rotatable bonds is 5. The van der Waals surface area contributed by atoms with Crippen LogP contribution in [0.15, 0.2) is 82.8 Å². The number of ether oxygens (including phenoxy) is 2. The van der Waals surface area contributed by atoms with Gasteiger partial charge in [-0.3, -0.25) is 14.5 Å². The smallest absolute Gasteiger partial charge is 0.300 e. The van der Waals surface area contributed by atoms with Crippen LogP contribution in [-0.2, 0) is 9.59 Å². The van der Waals surface area contributed by atoms with Gasteiger partial charge in [-0.1, -0.05) is 42.5 Å². The molecule has 4 rings (SSSR count). The van der Waals surface area contributed by atoms with E-state index in [4.69, 9.17) is 9.47 Å². The van der Waals surface area contributed by atoms with Gasteiger partial charge < -0.3 is 14.6 Å². The minimum absolute atomic E-state index is 0.00386. The van der Waals surface area contributed by atoms with E-state index in [2.05, 4.69) is 15.9 Å². The number of aliphatic hydroxyl groups excluding tert-OH is 1. The molecular weight excluding hydrogens is 474 g/mol. The molecule has 1 unspecified atom stereocenters. The first-order chi connectivity index (χ1) is 15.5. The Hall–Kier alpha value is -3.58. The van der Waals surface area contributed by atoms with Crippen LogP contribution in [0.2, 0.25) is 0 Å². The number of anilines is 1. The monoisotopic (exact) mass is 493 g/mol. The first-order valence-electron chi connectivity index (χ1n) is 9.80. The Kier molecular flexibility index (Phi) is 6.01. The SMILES string of the molecule is COc1ccc(/C(O)=C2/C(=O)C(=O)N(c3ccccc3OC)C2c2ccccc2)cc1Br. The normalized spacial score (nSPS) is 17.5. The van der Waals surface area contributed by atoms with E-state index in [0.717, 1.165) is 0 Å². The Morgan fingerprint density at radius 1 is 0.906 bits per heavy atom. The van der Waals surface area contributed by atoms with E-state index < -0.39 is 17.7 Å². The van der Waals surface area contributed by atoms with Crippen LogP contribution in [0.4, 0.5) is 5.69 Å². The Morgan fingerprint density at radius 3 is 2.22 bits per heavy atom. The predicted octanol–water partition coefficient (Wildman–Crippen LogP) is 5.09. The van der Waals surface area contributed by atoms with Gasteiger partial charge in [0.15, 0.2) is 0 Å². The van der Waals surface area contributed by atoms with Crippen molar-refractivity contribution in [1.29, 1.82) is 0 Å². The van der Waals surface area contributed by atoms with Gasteiger partial charge in [-0.15, -0.1) is 0 Å². The van der Waals surface area contributed by atoms with Crippen LogP contribution >= 0.6 is 15.9 Å². The number of aliphatic hydroxyl groups is 1. The lowest BCUT2D eigenvalue weighted by Gasteiger charge is -2.26. The average Bonchev–Trinajstić information content (AvgIpc) is 3.09. The molecule has 1 heterocycles. The molecule has 162 valence electrons. The minimum atomic E-state index is -0.826. The molecule has 7 heteroatoms. The highest BCUT2D eigenvalue weighted by Gasteiger charge is 2.47. The van der Waals surface area contributed by atoms with E-state index in [1.807, 2.05) is 30.3 Å². The van der Waals surface area contributed by atoms with Crippen molar-refractivity contribution in [2.24, 2.45) is 0 Å². The van der Waals surface area contributed by atoms with Crippen LogP contribution in [-0.4, -0.2) is 31.0 Å². The van der Waals surface area contributed by atoms with Crippen LogP contribution in [0.5, 0.6) is 11.5 Å². The zero-order chi connectivity index (χ0) is 22.8. The van der Waals surface area contributed by atoms with Gasteiger partial charge in [-0.05, 0) is 51.8 Å². The fourth-order valence-corrected chi connectivity index (χ4v) is 4.37. The maximum absolute atomic E-state index is 13.2. The van der Waals surface area contributed by atoms with Crippen molar-refractivity contribution >= 4 is 39.1 Å². The standard InChI is InChI=1S/C25H20BrNO5/c1-31-19-13-12-16(14-17(19)26)23(28)21-22(15-8-4-3-5-9-15)27(25(30)24(21)29)18-10-6-7-11-20(18)32-2/h3-14,22,28H,1-2H3/b23-21-. The van der Waals surface area contributed by atoms with Crippen molar-refractivity contribution in [3.63, 3.8) is 0 Å². The molecule has 0 aliphatic carbocycles. The molecule has 3 aromatic rings. The second-order valence-corrected chi connectivity index (χ2v) is 7.96. The zero-order valence-electron chi connectivity index (χ0n) is 17.4. The van der Waals surface area contributed by atoms with Gasteiger partial charge in [0, 0.05) is 5.56 Å². The molecule has 0 saturated carbocycles. The van der Waals surface area contributed by atoms with E-state index in [1.165, 1.54) is 19.1 Å². The van der Waals surface area contributed by atoms with Crippen LogP contribution in [0, 0.1) is 0 Å². The van der Waals surface area contributed by atoms with Gasteiger partial charge in [-0.25, -0.2) is 0 Å². The molecule has 0 aromatic heterocycles. The number of ketones is 1. The van der Waals surface area contributed by atoms with E-state index in [-0.39, 0.29) is 11.3 Å². The molecule has 3 aromatic carbocycles. The van der Waals surface area contributed by atoms with Crippen molar-refractivity contribution < 1.29 is 24.2 Å². The number of nitrogens with zero attached hydrogens (tertiary/aromatic N) is 1. The third-order valence-electron chi connectivity index (χ3n) is 5.33. The number of carbonyl (C=O) groups excluding carboxylic acids is 2. The summed E-state index contributed by atoms with van der Waals surface area (Å²) in [7, 11) is 3.04. The molecule has 6 nitrogen and oxygen atoms in total. The third-order valence-corrected chi connectivity index (χ3v) is 5.95. The minimum Gasteiger partial charge on any atom is -0.507 e. The highest BCUT2D eigenvalue weighted by Crippen LogP contribution is 2.45. The lowest BCUT2D eigenvalue weighted by Crippen LogP contribution is -2.29. The molecule has 1 atom stereocenters. The van der Waals surface area contributed by atoms with Crippen LogP contribution in [0.1, 0.15) is 17.2 Å². The molecule has 0 spiro atoms. The first-order valence-corrected chi connectivity index (χ1v) is 10.6. The molecule has 1 saturated heterocycles. The number of para-hydroxylation sites is 2. The number of methoxy groups -OCH3 is 2. The quantitative estimate of drug-likeness (QED) is 0.304. The Morgan fingerprint density at radius 2 is 1.56 bits per heavy atom. The van der Waals surface area contributed by atoms with Crippen molar-refractivity contribution in [2.75, 3.05) is 19.1 Å². The number of amides is 1. The predicted molar refractivity (Wildman–Crippen MR) is 125 cm³/mol. The van der Waals surface area contributed by atoms with Gasteiger partial charge >= 0.3 is 0 Å². The van der Waals surface area contributed by atoms with Gasteiger partial charge in [0.05, 0.1) is 36.0 Å². The molecule has 0 radical (unpaired) electrons. The number of halogens is 1. The second-order valence-electron chi connectivity index (χ2n) is 7.10. The summed E-state index contributed by atoms with van der Waals surface area (Å²) in [5.74, 6) is -0.747. The van der Waals surface area contributed by atoms with E-state index >= 15 is 0 Å². The average molecular weight is 494 g/mol. The molecule has 1 fully saturated rings. The molecule has 32 heavy (non-hydrogen) atoms. The highest BCUT2D eigenvalue weighted by atomic mass is 79.9. The Labute approximate surface area is 193 Å². The van der Waals surface area contributed by atoms with Gasteiger partial charge in [0.2, 0.25) is 0 Å². The van der Waals surface area contributed by atoms with Crippen LogP contribution in [0.25, 0.3) is 5.76 Å². The van der Waals surface area contributed by atoms with Gasteiger partial charge in [-0.2, -0.15) is 0 Å². The second kappa shape index (κ2) is 8.88. The summed E-state index contributed by atoms with van der Waals surface area (Å²) in [6.07, 6.45) is 0. The number of carbonyl (C=O) groups is 2. The molecule has 1 N–H and O–H groups in total. The fraction of sp³-hybridized carbons (Fsp3) is 0.120. The summed E-state index contributed by atoms with van der Waals surface area (Å²) < 4.78 is 11.3. The topological polar surface area (TPSA) is 76.1 Å². The molecular formula is C25H20BrNO5. The van der Waals surface area contributed by atoms with E-state index in [9.17, 15) is 14.7 Å². The van der Waals surface area contributed by atoms with Crippen molar-refractivity contribution in [2.45, 2.75) is 6.04 Å². The van der Waals surface area contributed by atoms with Crippen molar-refractivity contribution in [1.82, 2.24) is 0 Å². The third kappa shape index (κ3) is 3.65. The maximum Gasteiger partial charge on any atom is 0.300 e. The lowest BCUT2D eigenvalue weighted by atomic mass is 9.95. The molecule has 1 aliphatic heterocycles. The summed E-state index contributed by atoms with van der Waals surface area (Å²) in [5, 5.41) is 11.2. The molecule has 1 amide bonds. The first kappa shape index (κ1) is 21.6. The number of Topliss-reactive ketones (excluding diaryl/α,β-unsaturated/α-hetero) is 1. The van der Waals surface area contributed by atoms with Crippen LogP contribution in [0.3, 0.4) is 0 Å². The molecule has 1 aliphatic rings. The van der Waals surface area contributed by atoms with Crippen molar-refractivity contribution in [3.8, 4) is 11.5 Å². The summed E-state index contributed by atoms with van der Waals surface area (Å²) in [5.41, 5.74) is 1.52. The van der Waals surface area contributed by atoms with E-state index in [1.54, 1.807) is 42.5 Å². The summed E-state index contributed by atoms with van der Waals surface area (Å²) in [6, 6.07) is 20.2.